The van der Waals surface area contributed by atoms with Crippen molar-refractivity contribution in [2.24, 2.45) is 5.84 Å². The Bertz CT molecular complexity index is 666. The molecule has 2 aromatic carbocycles. The number of nitrogens with zero attached hydrogens (tertiary/aromatic N) is 1. The van der Waals surface area contributed by atoms with Crippen LogP contribution < -0.4 is 16.0 Å². The van der Waals surface area contributed by atoms with Crippen molar-refractivity contribution in [1.29, 1.82) is 0 Å². The van der Waals surface area contributed by atoms with E-state index >= 15 is 0 Å². The number of hydrazine groups is 1. The summed E-state index contributed by atoms with van der Waals surface area (Å²) in [6.45, 7) is 0. The van der Waals surface area contributed by atoms with Gasteiger partial charge >= 0.3 is 5.69 Å². The molecule has 0 heterocycles. The second-order valence-corrected chi connectivity index (χ2v) is 4.65. The predicted molar refractivity (Wildman–Crippen MR) is 75.1 cm³/mol. The van der Waals surface area contributed by atoms with Crippen LogP contribution in [0.2, 0.25) is 0 Å². The van der Waals surface area contributed by atoms with E-state index in [1.165, 1.54) is 30.3 Å². The number of rotatable bonds is 4. The van der Waals surface area contributed by atoms with Crippen molar-refractivity contribution >= 4 is 27.3 Å². The van der Waals surface area contributed by atoms with Crippen LogP contribution in [0.3, 0.4) is 0 Å². The minimum Gasteiger partial charge on any atom is -0.447 e. The minimum absolute atomic E-state index is 0.0741. The average Bonchev–Trinajstić information content (AvgIpc) is 2.41. The third-order valence-electron chi connectivity index (χ3n) is 2.45. The summed E-state index contributed by atoms with van der Waals surface area (Å²) in [5.41, 5.74) is 1.91. The highest BCUT2D eigenvalue weighted by molar-refractivity contribution is 9.10. The van der Waals surface area contributed by atoms with Gasteiger partial charge in [-0.3, -0.25) is 16.0 Å². The first-order chi connectivity index (χ1) is 9.52. The zero-order valence-corrected chi connectivity index (χ0v) is 11.6. The molecule has 0 saturated carbocycles. The maximum absolute atomic E-state index is 13.7. The fourth-order valence-corrected chi connectivity index (χ4v) is 1.92. The van der Waals surface area contributed by atoms with Crippen molar-refractivity contribution in [2.45, 2.75) is 0 Å². The number of hydrogen-bond donors (Lipinski definition) is 2. The van der Waals surface area contributed by atoms with Gasteiger partial charge in [-0.15, -0.1) is 0 Å². The number of para-hydroxylation sites is 1. The van der Waals surface area contributed by atoms with E-state index in [1.54, 1.807) is 6.07 Å². The first-order valence-electron chi connectivity index (χ1n) is 5.40. The Labute approximate surface area is 121 Å². The molecule has 0 aromatic heterocycles. The van der Waals surface area contributed by atoms with Gasteiger partial charge in [-0.25, -0.2) is 4.39 Å². The Morgan fingerprint density at radius 3 is 2.65 bits per heavy atom. The largest absolute Gasteiger partial charge is 0.447 e. The molecule has 0 fully saturated rings. The SMILES string of the molecule is NNc1cccc(Oc2ccc(Br)cc2F)c1[N+](=O)[O-]. The third-order valence-corrected chi connectivity index (χ3v) is 2.94. The molecular formula is C12H9BrFN3O3. The molecule has 6 nitrogen and oxygen atoms in total. The number of nitrogen functional groups attached to an aromatic ring is 1. The molecule has 0 aliphatic rings. The second kappa shape index (κ2) is 5.85. The van der Waals surface area contributed by atoms with E-state index in [9.17, 15) is 14.5 Å². The molecule has 0 bridgehead atoms. The molecule has 0 atom stereocenters. The molecule has 2 rings (SSSR count). The molecular weight excluding hydrogens is 333 g/mol. The minimum atomic E-state index is -0.651. The number of anilines is 1. The van der Waals surface area contributed by atoms with Gasteiger partial charge in [0.15, 0.2) is 11.6 Å². The van der Waals surface area contributed by atoms with Gasteiger partial charge in [-0.05, 0) is 30.3 Å². The molecule has 20 heavy (non-hydrogen) atoms. The Hall–Kier alpha value is -2.19. The topological polar surface area (TPSA) is 90.4 Å². The zero-order valence-electron chi connectivity index (χ0n) is 9.97. The van der Waals surface area contributed by atoms with E-state index in [0.29, 0.717) is 4.47 Å². The Morgan fingerprint density at radius 2 is 2.05 bits per heavy atom. The molecule has 0 amide bonds. The molecule has 104 valence electrons. The fraction of sp³-hybridized carbons (Fsp3) is 0. The summed E-state index contributed by atoms with van der Waals surface area (Å²) in [4.78, 5) is 10.4. The van der Waals surface area contributed by atoms with Crippen LogP contribution in [0.1, 0.15) is 0 Å². The number of nitrogens with two attached hydrogens (primary N) is 1. The van der Waals surface area contributed by atoms with Crippen LogP contribution in [0.5, 0.6) is 11.5 Å². The summed E-state index contributed by atoms with van der Waals surface area (Å²) < 4.78 is 19.5. The number of ether oxygens (including phenoxy) is 1. The second-order valence-electron chi connectivity index (χ2n) is 3.73. The summed E-state index contributed by atoms with van der Waals surface area (Å²) in [5, 5.41) is 11.1. The Balaban J connectivity index is 2.45. The standard InChI is InChI=1S/C12H9BrFN3O3/c13-7-4-5-10(8(14)6-7)20-11-3-1-2-9(16-15)12(11)17(18)19/h1-6,16H,15H2. The lowest BCUT2D eigenvalue weighted by molar-refractivity contribution is -0.384. The van der Waals surface area contributed by atoms with Crippen LogP contribution in [0.15, 0.2) is 40.9 Å². The van der Waals surface area contributed by atoms with Crippen LogP contribution >= 0.6 is 15.9 Å². The van der Waals surface area contributed by atoms with Crippen molar-refractivity contribution in [3.63, 3.8) is 0 Å². The third kappa shape index (κ3) is 2.86. The quantitative estimate of drug-likeness (QED) is 0.504. The average molecular weight is 342 g/mol. The predicted octanol–water partition coefficient (Wildman–Crippen LogP) is 3.57. The molecule has 0 aliphatic carbocycles. The van der Waals surface area contributed by atoms with E-state index in [2.05, 4.69) is 21.4 Å². The van der Waals surface area contributed by atoms with Gasteiger partial charge in [-0.1, -0.05) is 22.0 Å². The number of halogens is 2. The first kappa shape index (κ1) is 14.2. The Kier molecular flexibility index (Phi) is 4.16. The number of nitro groups is 1. The summed E-state index contributed by atoms with van der Waals surface area (Å²) in [7, 11) is 0. The van der Waals surface area contributed by atoms with Crippen LogP contribution in [0, 0.1) is 15.9 Å². The van der Waals surface area contributed by atoms with Gasteiger partial charge in [-0.2, -0.15) is 0 Å². The monoisotopic (exact) mass is 341 g/mol. The van der Waals surface area contributed by atoms with Gasteiger partial charge in [0.1, 0.15) is 5.69 Å². The maximum Gasteiger partial charge on any atom is 0.335 e. The van der Waals surface area contributed by atoms with Gasteiger partial charge in [0.25, 0.3) is 0 Å². The number of nitro benzene ring substituents is 1. The van der Waals surface area contributed by atoms with Gasteiger partial charge < -0.3 is 10.2 Å². The number of benzene rings is 2. The van der Waals surface area contributed by atoms with Gasteiger partial charge in [0, 0.05) is 4.47 Å². The fourth-order valence-electron chi connectivity index (χ4n) is 1.59. The first-order valence-corrected chi connectivity index (χ1v) is 6.19. The molecule has 0 radical (unpaired) electrons. The molecule has 3 N–H and O–H groups in total. The highest BCUT2D eigenvalue weighted by Crippen LogP contribution is 2.37. The normalized spacial score (nSPS) is 10.2. The summed E-state index contributed by atoms with van der Waals surface area (Å²) in [5.74, 6) is 4.35. The van der Waals surface area contributed by atoms with Gasteiger partial charge in [0.2, 0.25) is 5.75 Å². The van der Waals surface area contributed by atoms with Crippen molar-refractivity contribution in [3.05, 3.63) is 56.8 Å². The molecule has 2 aromatic rings. The van der Waals surface area contributed by atoms with Crippen LogP contribution in [-0.4, -0.2) is 4.92 Å². The van der Waals surface area contributed by atoms with E-state index in [4.69, 9.17) is 10.6 Å². The smallest absolute Gasteiger partial charge is 0.335 e. The van der Waals surface area contributed by atoms with E-state index < -0.39 is 10.7 Å². The van der Waals surface area contributed by atoms with Crippen molar-refractivity contribution < 1.29 is 14.1 Å². The van der Waals surface area contributed by atoms with Crippen LogP contribution in [0.25, 0.3) is 0 Å². The summed E-state index contributed by atoms with van der Waals surface area (Å²) >= 11 is 3.11. The molecule has 0 saturated heterocycles. The van der Waals surface area contributed by atoms with Crippen LogP contribution in [0.4, 0.5) is 15.8 Å². The van der Waals surface area contributed by atoms with Crippen molar-refractivity contribution in [2.75, 3.05) is 5.43 Å². The lowest BCUT2D eigenvalue weighted by atomic mass is 10.2. The van der Waals surface area contributed by atoms with E-state index in [1.807, 2.05) is 0 Å². The maximum atomic E-state index is 13.7. The molecule has 0 aliphatic heterocycles. The van der Waals surface area contributed by atoms with Crippen molar-refractivity contribution in [3.8, 4) is 11.5 Å². The highest BCUT2D eigenvalue weighted by Gasteiger charge is 2.21. The molecule has 8 heteroatoms. The Morgan fingerprint density at radius 1 is 1.30 bits per heavy atom. The molecule has 0 spiro atoms. The number of nitrogens with one attached hydrogen (secondary N) is 1. The number of hydrogen-bond acceptors (Lipinski definition) is 5. The zero-order chi connectivity index (χ0) is 14.7. The van der Waals surface area contributed by atoms with Crippen LogP contribution in [-0.2, 0) is 0 Å². The molecule has 0 unspecified atom stereocenters. The van der Waals surface area contributed by atoms with Crippen molar-refractivity contribution in [1.82, 2.24) is 0 Å². The van der Waals surface area contributed by atoms with E-state index in [0.717, 1.165) is 0 Å². The summed E-state index contributed by atoms with van der Waals surface area (Å²) in [6, 6.07) is 8.42. The lowest BCUT2D eigenvalue weighted by Gasteiger charge is -2.09. The highest BCUT2D eigenvalue weighted by atomic mass is 79.9. The van der Waals surface area contributed by atoms with Gasteiger partial charge in [0.05, 0.1) is 4.92 Å². The van der Waals surface area contributed by atoms with E-state index in [-0.39, 0.29) is 22.9 Å². The lowest BCUT2D eigenvalue weighted by Crippen LogP contribution is -2.09. The summed E-state index contributed by atoms with van der Waals surface area (Å²) in [6.07, 6.45) is 0.